The van der Waals surface area contributed by atoms with Crippen LogP contribution in [0, 0.1) is 5.41 Å². The number of amides is 1. The molecule has 0 fully saturated rings. The third-order valence-corrected chi connectivity index (χ3v) is 6.10. The Morgan fingerprint density at radius 2 is 1.88 bits per heavy atom. The summed E-state index contributed by atoms with van der Waals surface area (Å²) in [6.45, 7) is 4.50. The van der Waals surface area contributed by atoms with Crippen LogP contribution in [0.2, 0.25) is 0 Å². The van der Waals surface area contributed by atoms with Gasteiger partial charge in [-0.25, -0.2) is 4.68 Å². The summed E-state index contributed by atoms with van der Waals surface area (Å²) in [5, 5.41) is 7.93. The maximum atomic E-state index is 12.9. The summed E-state index contributed by atoms with van der Waals surface area (Å²) in [5.74, 6) is 1.41. The number of hydrogen-bond donors (Lipinski definition) is 1. The molecule has 1 unspecified atom stereocenters. The molecule has 1 aliphatic carbocycles. The van der Waals surface area contributed by atoms with E-state index in [1.807, 2.05) is 47.3 Å². The minimum Gasteiger partial charge on any atom is -0.493 e. The molecule has 1 aliphatic rings. The molecule has 0 aliphatic heterocycles. The first-order chi connectivity index (χ1) is 15.4. The van der Waals surface area contributed by atoms with Crippen molar-refractivity contribution in [2.75, 3.05) is 14.2 Å². The summed E-state index contributed by atoms with van der Waals surface area (Å²) in [4.78, 5) is 12.9. The van der Waals surface area contributed by atoms with Crippen molar-refractivity contribution in [1.29, 1.82) is 0 Å². The molecule has 1 N–H and O–H groups in total. The molecule has 1 amide bonds. The molecule has 1 heterocycles. The number of nitrogens with zero attached hydrogens (tertiary/aromatic N) is 2. The second kappa shape index (κ2) is 9.07. The van der Waals surface area contributed by atoms with Gasteiger partial charge in [0.25, 0.3) is 0 Å². The lowest BCUT2D eigenvalue weighted by Crippen LogP contribution is -2.36. The van der Waals surface area contributed by atoms with E-state index in [1.165, 1.54) is 5.69 Å². The van der Waals surface area contributed by atoms with Crippen molar-refractivity contribution in [3.63, 3.8) is 0 Å². The van der Waals surface area contributed by atoms with Crippen LogP contribution in [-0.4, -0.2) is 29.9 Å². The van der Waals surface area contributed by atoms with Crippen molar-refractivity contribution in [1.82, 2.24) is 15.1 Å². The number of carbonyl (C=O) groups excluding carboxylic acids is 1. The monoisotopic (exact) mass is 433 g/mol. The lowest BCUT2D eigenvalue weighted by molar-refractivity contribution is -0.122. The van der Waals surface area contributed by atoms with Crippen molar-refractivity contribution < 1.29 is 14.3 Å². The van der Waals surface area contributed by atoms with E-state index in [1.54, 1.807) is 14.2 Å². The molecule has 6 nitrogen and oxygen atoms in total. The quantitative estimate of drug-likeness (QED) is 0.589. The van der Waals surface area contributed by atoms with Crippen LogP contribution >= 0.6 is 0 Å². The van der Waals surface area contributed by atoms with Crippen molar-refractivity contribution in [3.8, 4) is 17.2 Å². The number of para-hydroxylation sites is 1. The topological polar surface area (TPSA) is 65.4 Å². The number of hydrogen-bond acceptors (Lipinski definition) is 4. The maximum Gasteiger partial charge on any atom is 0.220 e. The highest BCUT2D eigenvalue weighted by atomic mass is 16.5. The number of aromatic nitrogens is 2. The number of carbonyl (C=O) groups is 1. The zero-order chi connectivity index (χ0) is 22.7. The van der Waals surface area contributed by atoms with Crippen LogP contribution in [0.25, 0.3) is 5.69 Å². The molecule has 0 spiro atoms. The minimum absolute atomic E-state index is 0.0379. The smallest absolute Gasteiger partial charge is 0.220 e. The normalized spacial score (nSPS) is 16.8. The molecular weight excluding hydrogens is 402 g/mol. The first-order valence-corrected chi connectivity index (χ1v) is 11.0. The second-order valence-corrected chi connectivity index (χ2v) is 9.15. The predicted molar refractivity (Wildman–Crippen MR) is 124 cm³/mol. The Bertz CT molecular complexity index is 1090. The van der Waals surface area contributed by atoms with E-state index in [4.69, 9.17) is 9.47 Å². The standard InChI is InChI=1S/C26H31N3O3/c1-26(2)15-21(20-17-27-29(22(20)16-26)19-8-6-5-7-9-19)28-25(30)13-11-18-10-12-23(31-3)24(14-18)32-4/h5-10,12,14,17,21H,11,13,15-16H2,1-4H3,(H,28,30). The number of ether oxygens (including phenoxy) is 2. The van der Waals surface area contributed by atoms with E-state index >= 15 is 0 Å². The van der Waals surface area contributed by atoms with Gasteiger partial charge in [0.2, 0.25) is 5.91 Å². The van der Waals surface area contributed by atoms with Crippen molar-refractivity contribution in [2.24, 2.45) is 5.41 Å². The second-order valence-electron chi connectivity index (χ2n) is 9.15. The molecule has 1 atom stereocenters. The molecule has 32 heavy (non-hydrogen) atoms. The van der Waals surface area contributed by atoms with E-state index in [0.717, 1.165) is 29.7 Å². The number of rotatable bonds is 7. The molecule has 1 aromatic heterocycles. The highest BCUT2D eigenvalue weighted by Crippen LogP contribution is 2.41. The Hall–Kier alpha value is -3.28. The van der Waals surface area contributed by atoms with Crippen LogP contribution in [0.15, 0.2) is 54.7 Å². The van der Waals surface area contributed by atoms with Gasteiger partial charge in [0, 0.05) is 12.0 Å². The summed E-state index contributed by atoms with van der Waals surface area (Å²) in [5.41, 5.74) is 4.45. The summed E-state index contributed by atoms with van der Waals surface area (Å²) in [6.07, 6.45) is 4.78. The first kappa shape index (κ1) is 21.9. The third-order valence-electron chi connectivity index (χ3n) is 6.10. The van der Waals surface area contributed by atoms with Gasteiger partial charge in [0.15, 0.2) is 11.5 Å². The number of aryl methyl sites for hydroxylation is 1. The molecular formula is C26H31N3O3. The van der Waals surface area contributed by atoms with Gasteiger partial charge in [-0.15, -0.1) is 0 Å². The first-order valence-electron chi connectivity index (χ1n) is 11.0. The molecule has 0 bridgehead atoms. The van der Waals surface area contributed by atoms with E-state index < -0.39 is 0 Å². The molecule has 0 radical (unpaired) electrons. The minimum atomic E-state index is -0.0379. The summed E-state index contributed by atoms with van der Waals surface area (Å²) in [7, 11) is 3.23. The van der Waals surface area contributed by atoms with Crippen LogP contribution in [0.4, 0.5) is 0 Å². The Labute approximate surface area is 189 Å². The van der Waals surface area contributed by atoms with Gasteiger partial charge in [0.05, 0.1) is 37.8 Å². The van der Waals surface area contributed by atoms with Crippen molar-refractivity contribution >= 4 is 5.91 Å². The van der Waals surface area contributed by atoms with E-state index in [0.29, 0.717) is 24.3 Å². The zero-order valence-corrected chi connectivity index (χ0v) is 19.2. The molecule has 2 aromatic carbocycles. The molecule has 4 rings (SSSR count). The largest absolute Gasteiger partial charge is 0.493 e. The Morgan fingerprint density at radius 1 is 1.12 bits per heavy atom. The number of fused-ring (bicyclic) bond motifs is 1. The van der Waals surface area contributed by atoms with E-state index in [-0.39, 0.29) is 17.4 Å². The van der Waals surface area contributed by atoms with E-state index in [9.17, 15) is 4.79 Å². The van der Waals surface area contributed by atoms with Crippen molar-refractivity contribution in [2.45, 2.75) is 45.6 Å². The van der Waals surface area contributed by atoms with Gasteiger partial charge in [-0.2, -0.15) is 5.10 Å². The van der Waals surface area contributed by atoms with Crippen LogP contribution in [0.3, 0.4) is 0 Å². The third kappa shape index (κ3) is 4.64. The van der Waals surface area contributed by atoms with Gasteiger partial charge in [0.1, 0.15) is 0 Å². The van der Waals surface area contributed by atoms with E-state index in [2.05, 4.69) is 36.4 Å². The SMILES string of the molecule is COc1ccc(CCC(=O)NC2CC(C)(C)Cc3c2cnn3-c2ccccc2)cc1OC. The van der Waals surface area contributed by atoms with Gasteiger partial charge < -0.3 is 14.8 Å². The molecule has 0 saturated carbocycles. The number of methoxy groups -OCH3 is 2. The summed E-state index contributed by atoms with van der Waals surface area (Å²) in [6, 6.07) is 15.9. The van der Waals surface area contributed by atoms with Gasteiger partial charge >= 0.3 is 0 Å². The van der Waals surface area contributed by atoms with Gasteiger partial charge in [-0.3, -0.25) is 4.79 Å². The fraction of sp³-hybridized carbons (Fsp3) is 0.385. The van der Waals surface area contributed by atoms with Crippen LogP contribution < -0.4 is 14.8 Å². The Balaban J connectivity index is 1.48. The zero-order valence-electron chi connectivity index (χ0n) is 19.2. The average Bonchev–Trinajstić information content (AvgIpc) is 3.20. The molecule has 3 aromatic rings. The van der Waals surface area contributed by atoms with Crippen LogP contribution in [0.1, 0.15) is 49.6 Å². The maximum absolute atomic E-state index is 12.9. The average molecular weight is 434 g/mol. The highest BCUT2D eigenvalue weighted by molar-refractivity contribution is 5.77. The number of nitrogens with one attached hydrogen (secondary N) is 1. The fourth-order valence-corrected chi connectivity index (χ4v) is 4.52. The van der Waals surface area contributed by atoms with Crippen molar-refractivity contribution in [3.05, 3.63) is 71.5 Å². The predicted octanol–water partition coefficient (Wildman–Crippen LogP) is 4.65. The Morgan fingerprint density at radius 3 is 2.59 bits per heavy atom. The molecule has 0 saturated heterocycles. The van der Waals surface area contributed by atoms with Crippen LogP contribution in [0.5, 0.6) is 11.5 Å². The highest BCUT2D eigenvalue weighted by Gasteiger charge is 2.35. The molecule has 168 valence electrons. The molecule has 6 heteroatoms. The van der Waals surface area contributed by atoms with Gasteiger partial charge in [-0.05, 0) is 54.5 Å². The summed E-state index contributed by atoms with van der Waals surface area (Å²) < 4.78 is 12.7. The van der Waals surface area contributed by atoms with Crippen LogP contribution in [-0.2, 0) is 17.6 Å². The lowest BCUT2D eigenvalue weighted by Gasteiger charge is -2.36. The summed E-state index contributed by atoms with van der Waals surface area (Å²) >= 11 is 0. The lowest BCUT2D eigenvalue weighted by atomic mass is 9.74. The Kier molecular flexibility index (Phi) is 6.21. The number of benzene rings is 2. The van der Waals surface area contributed by atoms with Gasteiger partial charge in [-0.1, -0.05) is 38.1 Å². The fourth-order valence-electron chi connectivity index (χ4n) is 4.52.